The lowest BCUT2D eigenvalue weighted by molar-refractivity contribution is -0.120. The van der Waals surface area contributed by atoms with Gasteiger partial charge in [-0.25, -0.2) is 9.78 Å². The summed E-state index contributed by atoms with van der Waals surface area (Å²) in [6, 6.07) is 5.57. The molecule has 49 heavy (non-hydrogen) atoms. The number of hydrogen-bond acceptors (Lipinski definition) is 12. The Bertz CT molecular complexity index is 1760. The number of carbonyl (C=O) groups excluding carboxylic acids is 3. The van der Waals surface area contributed by atoms with E-state index in [-0.39, 0.29) is 33.8 Å². The Kier molecular flexibility index (Phi) is 12.9. The molecule has 4 rings (SSSR count). The molecule has 2 unspecified atom stereocenters. The second-order valence-electron chi connectivity index (χ2n) is 11.9. The third-order valence-corrected chi connectivity index (χ3v) is 9.71. The molecule has 12 nitrogen and oxygen atoms in total. The van der Waals surface area contributed by atoms with Gasteiger partial charge in [0.05, 0.1) is 40.2 Å². The molecule has 0 spiro atoms. The molecule has 14 heteroatoms. The van der Waals surface area contributed by atoms with E-state index in [0.29, 0.717) is 59.8 Å². The van der Waals surface area contributed by atoms with Gasteiger partial charge in [0.1, 0.15) is 6.04 Å². The van der Waals surface area contributed by atoms with Gasteiger partial charge in [-0.1, -0.05) is 19.9 Å². The Balaban J connectivity index is 1.79. The highest BCUT2D eigenvalue weighted by atomic mass is 32.2. The standard InChI is InChI=1S/C35H44N4O8S2/c1-18(2)15-28-30(34(43)47-7)38-35(49-28)39-33(42)25(13-14-48-8)37-24-12-10-21-22(17-26(24)41)23(36-19(3)40)11-9-20-16-27(44-4)31(45-5)32(46-6)29(20)21/h10,12,16-18,23,25H,9,11,13-15H2,1-8H3,(H,36,40)(H,37,41)(H,38,39,42). The highest BCUT2D eigenvalue weighted by Gasteiger charge is 2.30. The third kappa shape index (κ3) is 8.66. The van der Waals surface area contributed by atoms with Crippen molar-refractivity contribution in [2.75, 3.05) is 51.1 Å². The van der Waals surface area contributed by atoms with E-state index in [1.807, 2.05) is 26.2 Å². The van der Waals surface area contributed by atoms with Crippen molar-refractivity contribution in [3.05, 3.63) is 56.2 Å². The Hall–Kier alpha value is -4.30. The lowest BCUT2D eigenvalue weighted by Crippen LogP contribution is -2.36. The number of fused-ring (bicyclic) bond motifs is 3. The molecule has 0 aliphatic heterocycles. The number of esters is 1. The minimum absolute atomic E-state index is 0.183. The predicted octanol–water partition coefficient (Wildman–Crippen LogP) is 5.48. The summed E-state index contributed by atoms with van der Waals surface area (Å²) in [5.41, 5.74) is 2.94. The monoisotopic (exact) mass is 712 g/mol. The van der Waals surface area contributed by atoms with Crippen molar-refractivity contribution in [1.29, 1.82) is 0 Å². The molecule has 0 saturated carbocycles. The molecule has 0 fully saturated rings. The van der Waals surface area contributed by atoms with Crippen LogP contribution in [0.5, 0.6) is 17.2 Å². The van der Waals surface area contributed by atoms with Crippen molar-refractivity contribution in [3.8, 4) is 28.4 Å². The van der Waals surface area contributed by atoms with Crippen molar-refractivity contribution in [3.63, 3.8) is 0 Å². The number of nitrogens with one attached hydrogen (secondary N) is 3. The molecule has 0 saturated heterocycles. The summed E-state index contributed by atoms with van der Waals surface area (Å²) in [5.74, 6) is 1.04. The molecule has 1 heterocycles. The van der Waals surface area contributed by atoms with E-state index >= 15 is 0 Å². The van der Waals surface area contributed by atoms with E-state index in [4.69, 9.17) is 18.9 Å². The number of anilines is 2. The lowest BCUT2D eigenvalue weighted by Gasteiger charge is -2.19. The first-order chi connectivity index (χ1) is 23.4. The van der Waals surface area contributed by atoms with Crippen molar-refractivity contribution >= 4 is 51.7 Å². The number of methoxy groups -OCH3 is 4. The van der Waals surface area contributed by atoms with Gasteiger partial charge in [0, 0.05) is 17.4 Å². The minimum Gasteiger partial charge on any atom is -0.493 e. The van der Waals surface area contributed by atoms with Crippen molar-refractivity contribution < 1.29 is 33.3 Å². The molecule has 0 bridgehead atoms. The first-order valence-electron chi connectivity index (χ1n) is 15.9. The van der Waals surface area contributed by atoms with Crippen molar-refractivity contribution in [1.82, 2.24) is 10.3 Å². The van der Waals surface area contributed by atoms with E-state index in [0.717, 1.165) is 16.0 Å². The zero-order chi connectivity index (χ0) is 35.8. The molecule has 2 amide bonds. The van der Waals surface area contributed by atoms with Crippen LogP contribution in [0.3, 0.4) is 0 Å². The number of ether oxygens (including phenoxy) is 4. The van der Waals surface area contributed by atoms with Crippen LogP contribution >= 0.6 is 23.1 Å². The summed E-state index contributed by atoms with van der Waals surface area (Å²) >= 11 is 2.80. The van der Waals surface area contributed by atoms with Crippen LogP contribution in [0.15, 0.2) is 29.1 Å². The fraction of sp³-hybridized carbons (Fsp3) is 0.457. The smallest absolute Gasteiger partial charge is 0.357 e. The zero-order valence-electron chi connectivity index (χ0n) is 29.1. The Morgan fingerprint density at radius 3 is 2.41 bits per heavy atom. The van der Waals surface area contributed by atoms with Gasteiger partial charge in [0.2, 0.25) is 23.0 Å². The topological polar surface area (TPSA) is 154 Å². The summed E-state index contributed by atoms with van der Waals surface area (Å²) in [7, 11) is 5.92. The second kappa shape index (κ2) is 16.9. The van der Waals surface area contributed by atoms with Crippen LogP contribution in [0.1, 0.15) is 66.1 Å². The third-order valence-electron chi connectivity index (χ3n) is 8.07. The summed E-state index contributed by atoms with van der Waals surface area (Å²) in [4.78, 5) is 57.5. The van der Waals surface area contributed by atoms with E-state index in [1.165, 1.54) is 38.5 Å². The van der Waals surface area contributed by atoms with Crippen LogP contribution in [0.25, 0.3) is 11.1 Å². The maximum Gasteiger partial charge on any atom is 0.357 e. The highest BCUT2D eigenvalue weighted by Crippen LogP contribution is 2.50. The molecule has 1 aliphatic rings. The number of amides is 2. The average Bonchev–Trinajstić information content (AvgIpc) is 3.30. The van der Waals surface area contributed by atoms with Gasteiger partial charge in [0.15, 0.2) is 22.3 Å². The molecule has 0 radical (unpaired) electrons. The van der Waals surface area contributed by atoms with Crippen molar-refractivity contribution in [2.45, 2.75) is 58.5 Å². The largest absolute Gasteiger partial charge is 0.493 e. The Morgan fingerprint density at radius 2 is 1.80 bits per heavy atom. The van der Waals surface area contributed by atoms with E-state index < -0.39 is 24.0 Å². The number of hydrogen-bond donors (Lipinski definition) is 3. The lowest BCUT2D eigenvalue weighted by atomic mass is 9.95. The van der Waals surface area contributed by atoms with Gasteiger partial charge in [0.25, 0.3) is 0 Å². The van der Waals surface area contributed by atoms with Gasteiger partial charge >= 0.3 is 5.97 Å². The Morgan fingerprint density at radius 1 is 1.06 bits per heavy atom. The number of thiazole rings is 1. The molecular weight excluding hydrogens is 669 g/mol. The van der Waals surface area contributed by atoms with Gasteiger partial charge < -0.3 is 34.9 Å². The number of aromatic nitrogens is 1. The van der Waals surface area contributed by atoms with Crippen LogP contribution in [-0.2, 0) is 27.2 Å². The molecule has 1 aliphatic carbocycles. The van der Waals surface area contributed by atoms with Crippen LogP contribution in [0.4, 0.5) is 10.8 Å². The van der Waals surface area contributed by atoms with E-state index in [2.05, 4.69) is 20.9 Å². The maximum atomic E-state index is 13.9. The molecule has 264 valence electrons. The summed E-state index contributed by atoms with van der Waals surface area (Å²) in [5, 5.41) is 9.31. The summed E-state index contributed by atoms with van der Waals surface area (Å²) in [6.45, 7) is 5.50. The quantitative estimate of drug-likeness (QED) is 0.182. The van der Waals surface area contributed by atoms with Gasteiger partial charge in [-0.15, -0.1) is 11.3 Å². The van der Waals surface area contributed by atoms with Crippen LogP contribution in [0.2, 0.25) is 0 Å². The fourth-order valence-corrected chi connectivity index (χ4v) is 7.52. The number of aryl methyl sites for hydroxylation is 1. The predicted molar refractivity (Wildman–Crippen MR) is 194 cm³/mol. The van der Waals surface area contributed by atoms with Gasteiger partial charge in [-0.2, -0.15) is 11.8 Å². The van der Waals surface area contributed by atoms with E-state index in [9.17, 15) is 19.2 Å². The van der Waals surface area contributed by atoms with Crippen LogP contribution in [0, 0.1) is 5.92 Å². The van der Waals surface area contributed by atoms with Crippen LogP contribution in [-0.4, -0.2) is 69.3 Å². The van der Waals surface area contributed by atoms with Gasteiger partial charge in [-0.05, 0) is 78.5 Å². The highest BCUT2D eigenvalue weighted by molar-refractivity contribution is 7.98. The minimum atomic E-state index is -0.807. The Labute approximate surface area is 294 Å². The van der Waals surface area contributed by atoms with Crippen molar-refractivity contribution in [2.24, 2.45) is 5.92 Å². The first-order valence-corrected chi connectivity index (χ1v) is 18.1. The number of thioether (sulfide) groups is 1. The molecule has 1 aromatic heterocycles. The molecule has 2 aromatic carbocycles. The maximum absolute atomic E-state index is 13.9. The number of benzene rings is 1. The van der Waals surface area contributed by atoms with Crippen LogP contribution < -0.4 is 35.6 Å². The number of nitrogens with zero attached hydrogens (tertiary/aromatic N) is 1. The fourth-order valence-electron chi connectivity index (χ4n) is 5.88. The number of rotatable bonds is 14. The molecule has 2 atom stereocenters. The SMILES string of the molecule is COC(=O)c1nc(NC(=O)C(CCSC)Nc2ccc3c(cc2=O)C(NC(C)=O)CCc2cc(OC)c(OC)c(OC)c2-3)sc1CC(C)C. The molecule has 3 aromatic rings. The average molecular weight is 713 g/mol. The van der Waals surface area contributed by atoms with E-state index in [1.54, 1.807) is 38.1 Å². The normalized spacial score (nSPS) is 14.1. The number of carbonyl (C=O) groups is 3. The molecule has 3 N–H and O–H groups in total. The zero-order valence-corrected chi connectivity index (χ0v) is 30.7. The molecular formula is C35H44N4O8S2. The van der Waals surface area contributed by atoms with Gasteiger partial charge in [-0.3, -0.25) is 14.4 Å². The second-order valence-corrected chi connectivity index (χ2v) is 14.0. The first kappa shape index (κ1) is 37.5. The summed E-state index contributed by atoms with van der Waals surface area (Å²) in [6.07, 6.45) is 4.03. The summed E-state index contributed by atoms with van der Waals surface area (Å²) < 4.78 is 22.1.